The van der Waals surface area contributed by atoms with Crippen LogP contribution >= 0.6 is 11.6 Å². The molecule has 0 radical (unpaired) electrons. The maximum atomic E-state index is 13.5. The number of carboxylic acids is 1. The standard InChI is InChI=1S/C27H39ClN2O5S/c1-17(2)21-15-30(23-16-29(36(7,34)35)14-20(23)25(32)33)24(31)13-27(21,6)19-9-8-18(22(28)12-19)10-11-26(3,4)5/h8-9,12,15,17,20,23H,10-11,13-14,16H2,1-7H3,(H,32,33)/t20?,23?,27-/m0/s1. The lowest BCUT2D eigenvalue weighted by Crippen LogP contribution is -2.50. The van der Waals surface area contributed by atoms with E-state index in [1.54, 1.807) is 6.20 Å². The number of carboxylic acid groups (broad SMARTS) is 1. The van der Waals surface area contributed by atoms with Crippen LogP contribution in [0.3, 0.4) is 0 Å². The van der Waals surface area contributed by atoms with Gasteiger partial charge in [0.05, 0.1) is 18.2 Å². The van der Waals surface area contributed by atoms with Crippen LogP contribution in [0, 0.1) is 17.3 Å². The van der Waals surface area contributed by atoms with Gasteiger partial charge in [0.2, 0.25) is 15.9 Å². The first-order chi connectivity index (χ1) is 16.4. The van der Waals surface area contributed by atoms with Crippen LogP contribution in [0.5, 0.6) is 0 Å². The van der Waals surface area contributed by atoms with Gasteiger partial charge in [-0.2, -0.15) is 4.31 Å². The zero-order valence-corrected chi connectivity index (χ0v) is 23.9. The van der Waals surface area contributed by atoms with E-state index < -0.39 is 33.4 Å². The van der Waals surface area contributed by atoms with Gasteiger partial charge in [0.15, 0.2) is 0 Å². The number of aliphatic carboxylic acids is 1. The van der Waals surface area contributed by atoms with Crippen LogP contribution in [0.15, 0.2) is 30.0 Å². The van der Waals surface area contributed by atoms with Crippen molar-refractivity contribution >= 4 is 33.5 Å². The van der Waals surface area contributed by atoms with E-state index in [2.05, 4.69) is 20.8 Å². The van der Waals surface area contributed by atoms with E-state index in [0.717, 1.165) is 40.1 Å². The topological polar surface area (TPSA) is 95.0 Å². The molecule has 0 aromatic heterocycles. The largest absolute Gasteiger partial charge is 0.481 e. The van der Waals surface area contributed by atoms with Crippen LogP contribution < -0.4 is 0 Å². The second kappa shape index (κ2) is 10.1. The predicted molar refractivity (Wildman–Crippen MR) is 142 cm³/mol. The summed E-state index contributed by atoms with van der Waals surface area (Å²) >= 11 is 6.71. The summed E-state index contributed by atoms with van der Waals surface area (Å²) in [5.74, 6) is -2.25. The summed E-state index contributed by atoms with van der Waals surface area (Å²) in [6.45, 7) is 12.5. The van der Waals surface area contributed by atoms with E-state index >= 15 is 0 Å². The van der Waals surface area contributed by atoms with Gasteiger partial charge in [0.25, 0.3) is 0 Å². The van der Waals surface area contributed by atoms with Crippen molar-refractivity contribution < 1.29 is 23.1 Å². The molecule has 1 fully saturated rings. The first-order valence-electron chi connectivity index (χ1n) is 12.4. The summed E-state index contributed by atoms with van der Waals surface area (Å²) in [5, 5.41) is 10.5. The summed E-state index contributed by atoms with van der Waals surface area (Å²) in [4.78, 5) is 27.0. The SMILES string of the molecule is CC(C)C1=CN(C2CN(S(C)(=O)=O)CC2C(=O)O)C(=O)C[C@@]1(C)c1ccc(CCC(C)(C)C)c(Cl)c1. The number of benzene rings is 1. The third-order valence-electron chi connectivity index (χ3n) is 7.56. The summed E-state index contributed by atoms with van der Waals surface area (Å²) in [7, 11) is -3.58. The van der Waals surface area contributed by atoms with Gasteiger partial charge in [-0.15, -0.1) is 0 Å². The summed E-state index contributed by atoms with van der Waals surface area (Å²) in [5.41, 5.74) is 2.60. The normalized spacial score (nSPS) is 26.0. The first-order valence-corrected chi connectivity index (χ1v) is 14.7. The highest BCUT2D eigenvalue weighted by molar-refractivity contribution is 7.88. The number of carbonyl (C=O) groups excluding carboxylic acids is 1. The van der Waals surface area contributed by atoms with E-state index in [-0.39, 0.29) is 36.8 Å². The molecule has 1 aromatic rings. The molecule has 0 bridgehead atoms. The Balaban J connectivity index is 1.99. The molecule has 1 N–H and O–H groups in total. The third kappa shape index (κ3) is 5.97. The number of aryl methyl sites for hydroxylation is 1. The quantitative estimate of drug-likeness (QED) is 0.543. The Morgan fingerprint density at radius 2 is 1.89 bits per heavy atom. The molecule has 36 heavy (non-hydrogen) atoms. The van der Waals surface area contributed by atoms with Crippen LogP contribution in [0.2, 0.25) is 5.02 Å². The number of hydrogen-bond donors (Lipinski definition) is 1. The fourth-order valence-electron chi connectivity index (χ4n) is 5.35. The Bertz CT molecular complexity index is 1170. The van der Waals surface area contributed by atoms with Crippen LogP contribution in [0.1, 0.15) is 65.5 Å². The number of nitrogens with zero attached hydrogens (tertiary/aromatic N) is 2. The maximum absolute atomic E-state index is 13.5. The van der Waals surface area contributed by atoms with Crippen LogP contribution in [-0.4, -0.2) is 60.0 Å². The molecule has 9 heteroatoms. The lowest BCUT2D eigenvalue weighted by atomic mass is 9.68. The number of halogens is 1. The Morgan fingerprint density at radius 1 is 1.25 bits per heavy atom. The third-order valence-corrected chi connectivity index (χ3v) is 9.15. The zero-order valence-electron chi connectivity index (χ0n) is 22.3. The molecule has 3 rings (SSSR count). The van der Waals surface area contributed by atoms with Crippen molar-refractivity contribution in [2.24, 2.45) is 17.3 Å². The number of allylic oxidation sites excluding steroid dienone is 1. The molecular weight excluding hydrogens is 500 g/mol. The van der Waals surface area contributed by atoms with E-state index in [1.165, 1.54) is 4.90 Å². The highest BCUT2D eigenvalue weighted by Crippen LogP contribution is 2.45. The monoisotopic (exact) mass is 538 g/mol. The van der Waals surface area contributed by atoms with Gasteiger partial charge in [-0.3, -0.25) is 9.59 Å². The lowest BCUT2D eigenvalue weighted by Gasteiger charge is -2.43. The average Bonchev–Trinajstić information content (AvgIpc) is 3.18. The molecule has 1 amide bonds. The number of amides is 1. The molecule has 7 nitrogen and oxygen atoms in total. The molecule has 2 unspecified atom stereocenters. The van der Waals surface area contributed by atoms with Crippen molar-refractivity contribution in [2.45, 2.75) is 72.3 Å². The highest BCUT2D eigenvalue weighted by Gasteiger charge is 2.49. The molecule has 2 heterocycles. The van der Waals surface area contributed by atoms with Crippen molar-refractivity contribution in [2.75, 3.05) is 19.3 Å². The molecule has 0 saturated carbocycles. The van der Waals surface area contributed by atoms with Gasteiger partial charge in [-0.05, 0) is 46.9 Å². The zero-order chi connectivity index (χ0) is 27.2. The minimum absolute atomic E-state index is 0.0333. The summed E-state index contributed by atoms with van der Waals surface area (Å²) in [6.07, 6.45) is 4.85. The van der Waals surface area contributed by atoms with E-state index in [0.29, 0.717) is 5.02 Å². The minimum atomic E-state index is -3.58. The number of carbonyl (C=O) groups is 2. The summed E-state index contributed by atoms with van der Waals surface area (Å²) < 4.78 is 25.4. The minimum Gasteiger partial charge on any atom is -0.481 e. The second-order valence-electron chi connectivity index (χ2n) is 12.0. The van der Waals surface area contributed by atoms with Gasteiger partial charge in [-0.1, -0.05) is 65.3 Å². The Hall–Kier alpha value is -1.90. The van der Waals surface area contributed by atoms with E-state index in [4.69, 9.17) is 11.6 Å². The van der Waals surface area contributed by atoms with E-state index in [1.807, 2.05) is 39.0 Å². The molecule has 200 valence electrons. The van der Waals surface area contributed by atoms with Crippen molar-refractivity contribution in [1.29, 1.82) is 0 Å². The van der Waals surface area contributed by atoms with Crippen LogP contribution in [0.4, 0.5) is 0 Å². The number of hydrogen-bond acceptors (Lipinski definition) is 4. The molecular formula is C27H39ClN2O5S. The number of rotatable bonds is 7. The highest BCUT2D eigenvalue weighted by atomic mass is 35.5. The fraction of sp³-hybridized carbons (Fsp3) is 0.630. The van der Waals surface area contributed by atoms with Gasteiger partial charge in [0.1, 0.15) is 0 Å². The number of sulfonamides is 1. The van der Waals surface area contributed by atoms with Crippen LogP contribution in [-0.2, 0) is 31.4 Å². The van der Waals surface area contributed by atoms with Gasteiger partial charge < -0.3 is 10.0 Å². The molecule has 1 saturated heterocycles. The molecule has 3 atom stereocenters. The molecule has 2 aliphatic heterocycles. The maximum Gasteiger partial charge on any atom is 0.310 e. The Kier molecular flexibility index (Phi) is 8.05. The smallest absolute Gasteiger partial charge is 0.310 e. The first kappa shape index (κ1) is 28.7. The molecule has 2 aliphatic rings. The van der Waals surface area contributed by atoms with Crippen molar-refractivity contribution in [3.63, 3.8) is 0 Å². The fourth-order valence-corrected chi connectivity index (χ4v) is 6.48. The van der Waals surface area contributed by atoms with Gasteiger partial charge in [0, 0.05) is 36.1 Å². The van der Waals surface area contributed by atoms with Crippen molar-refractivity contribution in [3.05, 3.63) is 46.1 Å². The predicted octanol–water partition coefficient (Wildman–Crippen LogP) is 4.69. The lowest BCUT2D eigenvalue weighted by molar-refractivity contribution is -0.144. The molecule has 0 aliphatic carbocycles. The summed E-state index contributed by atoms with van der Waals surface area (Å²) in [6, 6.07) is 5.29. The van der Waals surface area contributed by atoms with Crippen LogP contribution in [0.25, 0.3) is 0 Å². The Labute approximate surface area is 220 Å². The second-order valence-corrected chi connectivity index (χ2v) is 14.4. The van der Waals surface area contributed by atoms with Crippen molar-refractivity contribution in [3.8, 4) is 0 Å². The molecule has 0 spiro atoms. The van der Waals surface area contributed by atoms with Gasteiger partial charge in [-0.25, -0.2) is 8.42 Å². The Morgan fingerprint density at radius 3 is 2.39 bits per heavy atom. The average molecular weight is 539 g/mol. The van der Waals surface area contributed by atoms with Gasteiger partial charge >= 0.3 is 5.97 Å². The van der Waals surface area contributed by atoms with Crippen molar-refractivity contribution in [1.82, 2.24) is 9.21 Å². The molecule has 1 aromatic carbocycles. The van der Waals surface area contributed by atoms with E-state index in [9.17, 15) is 23.1 Å².